The van der Waals surface area contributed by atoms with E-state index in [0.29, 0.717) is 11.8 Å². The molecule has 0 radical (unpaired) electrons. The van der Waals surface area contributed by atoms with E-state index in [4.69, 9.17) is 5.73 Å². The molecule has 0 aromatic carbocycles. The third kappa shape index (κ3) is 2.49. The number of hydrogen-bond acceptors (Lipinski definition) is 1. The second-order valence-corrected chi connectivity index (χ2v) is 2.68. The Morgan fingerprint density at radius 1 is 1.33 bits per heavy atom. The molecule has 1 atom stereocenters. The van der Waals surface area contributed by atoms with Crippen LogP contribution in [0.2, 0.25) is 0 Å². The molecule has 2 nitrogen and oxygen atoms in total. The van der Waals surface area contributed by atoms with E-state index in [1.54, 1.807) is 7.05 Å². The monoisotopic (exact) mass is 128 g/mol. The van der Waals surface area contributed by atoms with Gasteiger partial charge >= 0.3 is 0 Å². The van der Waals surface area contributed by atoms with Crippen LogP contribution < -0.4 is 5.73 Å². The summed E-state index contributed by atoms with van der Waals surface area (Å²) in [6, 6.07) is 0. The molecule has 0 spiro atoms. The van der Waals surface area contributed by atoms with Crippen molar-refractivity contribution in [2.45, 2.75) is 20.8 Å². The van der Waals surface area contributed by atoms with Crippen molar-refractivity contribution in [2.75, 3.05) is 7.05 Å². The zero-order valence-electron chi connectivity index (χ0n) is 6.68. The Balaban J connectivity index is 3.88. The third-order valence-electron chi connectivity index (χ3n) is 1.72. The number of aliphatic imine (C=N–C) groups is 1. The van der Waals surface area contributed by atoms with Crippen LogP contribution in [-0.4, -0.2) is 12.9 Å². The molecule has 54 valence electrons. The van der Waals surface area contributed by atoms with Gasteiger partial charge in [0, 0.05) is 13.0 Å². The largest absolute Gasteiger partial charge is 0.387 e. The maximum atomic E-state index is 5.57. The normalized spacial score (nSPS) is 16.3. The summed E-state index contributed by atoms with van der Waals surface area (Å²) in [5.74, 6) is 1.76. The van der Waals surface area contributed by atoms with Crippen LogP contribution in [0.4, 0.5) is 0 Å². The van der Waals surface area contributed by atoms with E-state index in [1.807, 2.05) is 0 Å². The van der Waals surface area contributed by atoms with Gasteiger partial charge in [-0.15, -0.1) is 0 Å². The van der Waals surface area contributed by atoms with Crippen LogP contribution in [0.5, 0.6) is 0 Å². The van der Waals surface area contributed by atoms with E-state index < -0.39 is 0 Å². The van der Waals surface area contributed by atoms with Gasteiger partial charge in [0.05, 0.1) is 5.84 Å². The quantitative estimate of drug-likeness (QED) is 0.441. The van der Waals surface area contributed by atoms with Gasteiger partial charge in [0.1, 0.15) is 0 Å². The molecule has 0 bridgehead atoms. The first-order valence-electron chi connectivity index (χ1n) is 3.31. The average Bonchev–Trinajstić information content (AvgIpc) is 1.84. The summed E-state index contributed by atoms with van der Waals surface area (Å²) in [4.78, 5) is 3.90. The number of nitrogens with two attached hydrogens (primary N) is 1. The topological polar surface area (TPSA) is 38.4 Å². The molecule has 2 heteroatoms. The van der Waals surface area contributed by atoms with Gasteiger partial charge in [-0.3, -0.25) is 4.99 Å². The Kier molecular flexibility index (Phi) is 3.28. The molecule has 0 saturated heterocycles. The second kappa shape index (κ2) is 3.49. The van der Waals surface area contributed by atoms with Crippen molar-refractivity contribution in [2.24, 2.45) is 22.6 Å². The van der Waals surface area contributed by atoms with E-state index >= 15 is 0 Å². The molecule has 0 saturated carbocycles. The predicted molar refractivity (Wildman–Crippen MR) is 41.5 cm³/mol. The molecule has 0 fully saturated rings. The summed E-state index contributed by atoms with van der Waals surface area (Å²) in [5, 5.41) is 0. The average molecular weight is 128 g/mol. The first-order chi connectivity index (χ1) is 4.09. The van der Waals surface area contributed by atoms with Crippen LogP contribution >= 0.6 is 0 Å². The predicted octanol–water partition coefficient (Wildman–Crippen LogP) is 1.27. The number of amidine groups is 1. The summed E-state index contributed by atoms with van der Waals surface area (Å²) in [6.07, 6.45) is 0. The molecule has 1 unspecified atom stereocenters. The van der Waals surface area contributed by atoms with Crippen LogP contribution in [0.15, 0.2) is 4.99 Å². The van der Waals surface area contributed by atoms with Crippen molar-refractivity contribution in [1.82, 2.24) is 0 Å². The van der Waals surface area contributed by atoms with E-state index in [2.05, 4.69) is 25.8 Å². The highest BCUT2D eigenvalue weighted by Gasteiger charge is 2.09. The summed E-state index contributed by atoms with van der Waals surface area (Å²) >= 11 is 0. The standard InChI is InChI=1S/C7H16N2/c1-5(2)6(3)7(8)9-4/h5-6H,1-4H3,(H2,8,9). The molecule has 9 heavy (non-hydrogen) atoms. The lowest BCUT2D eigenvalue weighted by Crippen LogP contribution is -2.24. The van der Waals surface area contributed by atoms with Crippen LogP contribution in [0.25, 0.3) is 0 Å². The molecule has 0 aromatic rings. The van der Waals surface area contributed by atoms with Crippen molar-refractivity contribution in [3.05, 3.63) is 0 Å². The van der Waals surface area contributed by atoms with Crippen molar-refractivity contribution >= 4 is 5.84 Å². The molecular weight excluding hydrogens is 112 g/mol. The highest BCUT2D eigenvalue weighted by atomic mass is 14.8. The fourth-order valence-electron chi connectivity index (χ4n) is 0.545. The molecular formula is C7H16N2. The molecule has 0 aromatic heterocycles. The van der Waals surface area contributed by atoms with Crippen LogP contribution in [0, 0.1) is 11.8 Å². The Hall–Kier alpha value is -0.530. The lowest BCUT2D eigenvalue weighted by Gasteiger charge is -2.13. The Morgan fingerprint density at radius 3 is 1.89 bits per heavy atom. The van der Waals surface area contributed by atoms with E-state index in [9.17, 15) is 0 Å². The Labute approximate surface area is 57.2 Å². The molecule has 0 rings (SSSR count). The fourth-order valence-corrected chi connectivity index (χ4v) is 0.545. The minimum absolute atomic E-state index is 0.412. The minimum Gasteiger partial charge on any atom is -0.387 e. The molecule has 0 aliphatic carbocycles. The molecule has 0 aliphatic heterocycles. The third-order valence-corrected chi connectivity index (χ3v) is 1.72. The van der Waals surface area contributed by atoms with Gasteiger partial charge in [-0.25, -0.2) is 0 Å². The smallest absolute Gasteiger partial charge is 0.0964 e. The van der Waals surface area contributed by atoms with Crippen LogP contribution in [0.1, 0.15) is 20.8 Å². The zero-order valence-corrected chi connectivity index (χ0v) is 6.68. The molecule has 0 heterocycles. The van der Waals surface area contributed by atoms with Gasteiger partial charge in [-0.1, -0.05) is 20.8 Å². The van der Waals surface area contributed by atoms with Crippen molar-refractivity contribution in [3.8, 4) is 0 Å². The van der Waals surface area contributed by atoms with Gasteiger partial charge in [0.15, 0.2) is 0 Å². The van der Waals surface area contributed by atoms with Crippen LogP contribution in [0.3, 0.4) is 0 Å². The van der Waals surface area contributed by atoms with Crippen molar-refractivity contribution < 1.29 is 0 Å². The van der Waals surface area contributed by atoms with E-state index in [-0.39, 0.29) is 0 Å². The van der Waals surface area contributed by atoms with Gasteiger partial charge < -0.3 is 5.73 Å². The van der Waals surface area contributed by atoms with Crippen LogP contribution in [-0.2, 0) is 0 Å². The maximum Gasteiger partial charge on any atom is 0.0964 e. The van der Waals surface area contributed by atoms with Gasteiger partial charge in [0.2, 0.25) is 0 Å². The number of nitrogens with zero attached hydrogens (tertiary/aromatic N) is 1. The number of hydrogen-bond donors (Lipinski definition) is 1. The van der Waals surface area contributed by atoms with E-state index in [0.717, 1.165) is 5.84 Å². The van der Waals surface area contributed by atoms with Gasteiger partial charge in [-0.05, 0) is 5.92 Å². The molecule has 0 aliphatic rings. The molecule has 0 amide bonds. The summed E-state index contributed by atoms with van der Waals surface area (Å²) in [5.41, 5.74) is 5.57. The lowest BCUT2D eigenvalue weighted by molar-refractivity contribution is 0.528. The Morgan fingerprint density at radius 2 is 1.78 bits per heavy atom. The summed E-state index contributed by atoms with van der Waals surface area (Å²) in [6.45, 7) is 6.37. The maximum absolute atomic E-state index is 5.57. The summed E-state index contributed by atoms with van der Waals surface area (Å²) < 4.78 is 0. The summed E-state index contributed by atoms with van der Waals surface area (Å²) in [7, 11) is 1.73. The fraction of sp³-hybridized carbons (Fsp3) is 0.857. The van der Waals surface area contributed by atoms with Crippen molar-refractivity contribution in [1.29, 1.82) is 0 Å². The highest BCUT2D eigenvalue weighted by molar-refractivity contribution is 5.82. The highest BCUT2D eigenvalue weighted by Crippen LogP contribution is 2.08. The second-order valence-electron chi connectivity index (χ2n) is 2.68. The Bertz CT molecular complexity index is 105. The van der Waals surface area contributed by atoms with Crippen molar-refractivity contribution in [3.63, 3.8) is 0 Å². The SMILES string of the molecule is CN=C(N)C(C)C(C)C. The zero-order chi connectivity index (χ0) is 7.44. The number of rotatable bonds is 2. The molecule has 2 N–H and O–H groups in total. The lowest BCUT2D eigenvalue weighted by atomic mass is 9.97. The first-order valence-corrected chi connectivity index (χ1v) is 3.31. The van der Waals surface area contributed by atoms with Gasteiger partial charge in [0.25, 0.3) is 0 Å². The van der Waals surface area contributed by atoms with Gasteiger partial charge in [-0.2, -0.15) is 0 Å². The first kappa shape index (κ1) is 8.47. The minimum atomic E-state index is 0.412. The van der Waals surface area contributed by atoms with E-state index in [1.165, 1.54) is 0 Å².